The number of hydrogen-bond acceptors (Lipinski definition) is 7. The molecule has 15 heteroatoms. The molecule has 0 amide bonds. The van der Waals surface area contributed by atoms with Crippen LogP contribution in [0.2, 0.25) is 5.15 Å². The van der Waals surface area contributed by atoms with E-state index in [1.165, 1.54) is 49.1 Å². The summed E-state index contributed by atoms with van der Waals surface area (Å²) in [6.07, 6.45) is -5.08. The summed E-state index contributed by atoms with van der Waals surface area (Å²) in [6.45, 7) is 0. The predicted octanol–water partition coefficient (Wildman–Crippen LogP) is 8.01. The van der Waals surface area contributed by atoms with Crippen LogP contribution in [0.25, 0.3) is 33.5 Å². The van der Waals surface area contributed by atoms with Crippen molar-refractivity contribution in [1.29, 1.82) is 0 Å². The standard InChI is InChI=1S/C19H11F3N4O2.C11H6ClF3N2/c20-19(21,22)12-6-4-11(5-7-12)14-8-17(25-10-24-14)28-15-3-1-2-13-18(15)23-9-16(27)26-13;12-10-5-9(16-6-17-10)7-1-3-8(4-2-7)11(13,14)15/h1-10H,(H,26,27);1-6H. The first-order chi connectivity index (χ1) is 21.4. The number of ether oxygens (including phenoxy) is 1. The summed E-state index contributed by atoms with van der Waals surface area (Å²) in [5, 5.41) is 0.245. The molecule has 0 saturated carbocycles. The van der Waals surface area contributed by atoms with E-state index in [0.29, 0.717) is 39.3 Å². The number of rotatable bonds is 4. The van der Waals surface area contributed by atoms with Gasteiger partial charge in [-0.1, -0.05) is 41.9 Å². The number of nitrogens with one attached hydrogen (secondary N) is 1. The largest absolute Gasteiger partial charge is 0.437 e. The Balaban J connectivity index is 0.000000201. The van der Waals surface area contributed by atoms with E-state index < -0.39 is 23.5 Å². The van der Waals surface area contributed by atoms with Gasteiger partial charge in [0.15, 0.2) is 5.75 Å². The molecule has 0 radical (unpaired) electrons. The van der Waals surface area contributed by atoms with Crippen molar-refractivity contribution in [2.24, 2.45) is 0 Å². The van der Waals surface area contributed by atoms with Crippen LogP contribution >= 0.6 is 11.6 Å². The molecule has 0 aliphatic rings. The van der Waals surface area contributed by atoms with E-state index in [2.05, 4.69) is 29.9 Å². The molecule has 1 N–H and O–H groups in total. The maximum atomic E-state index is 12.7. The number of halogens is 7. The van der Waals surface area contributed by atoms with Crippen molar-refractivity contribution >= 4 is 22.6 Å². The van der Waals surface area contributed by atoms with Gasteiger partial charge in [0.2, 0.25) is 5.88 Å². The lowest BCUT2D eigenvalue weighted by Gasteiger charge is -2.09. The predicted molar refractivity (Wildman–Crippen MR) is 152 cm³/mol. The zero-order chi connectivity index (χ0) is 32.2. The van der Waals surface area contributed by atoms with Gasteiger partial charge < -0.3 is 9.72 Å². The molecule has 45 heavy (non-hydrogen) atoms. The first kappa shape index (κ1) is 31.1. The second-order valence-electron chi connectivity index (χ2n) is 9.12. The Morgan fingerprint density at radius 1 is 0.667 bits per heavy atom. The highest BCUT2D eigenvalue weighted by Crippen LogP contribution is 2.33. The van der Waals surface area contributed by atoms with Crippen LogP contribution in [0.3, 0.4) is 0 Å². The lowest BCUT2D eigenvalue weighted by Crippen LogP contribution is -2.05. The SMILES string of the molecule is FC(F)(F)c1ccc(-c2cc(Cl)ncn2)cc1.O=c1cnc2c(Oc3cc(-c4ccc(C(F)(F)F)cc4)ncn3)cccc2[nH]1. The van der Waals surface area contributed by atoms with Crippen LogP contribution in [0.1, 0.15) is 11.1 Å². The monoisotopic (exact) mass is 642 g/mol. The number of H-pyrrole nitrogens is 1. The maximum absolute atomic E-state index is 12.7. The minimum atomic E-state index is -4.40. The number of aromatic nitrogens is 6. The van der Waals surface area contributed by atoms with Gasteiger partial charge in [-0.05, 0) is 36.4 Å². The smallest absolute Gasteiger partial charge is 0.416 e. The lowest BCUT2D eigenvalue weighted by atomic mass is 10.1. The number of para-hydroxylation sites is 1. The summed E-state index contributed by atoms with van der Waals surface area (Å²) in [5.74, 6) is 0.552. The van der Waals surface area contributed by atoms with Crippen LogP contribution in [-0.2, 0) is 12.4 Å². The topological polar surface area (TPSA) is 107 Å². The number of hydrogen-bond donors (Lipinski definition) is 1. The van der Waals surface area contributed by atoms with Crippen LogP contribution in [0.4, 0.5) is 26.3 Å². The molecule has 3 heterocycles. The highest BCUT2D eigenvalue weighted by atomic mass is 35.5. The van der Waals surface area contributed by atoms with Gasteiger partial charge in [0, 0.05) is 23.3 Å². The Morgan fingerprint density at radius 2 is 1.22 bits per heavy atom. The molecule has 228 valence electrons. The number of fused-ring (bicyclic) bond motifs is 1. The normalized spacial score (nSPS) is 11.5. The van der Waals surface area contributed by atoms with E-state index >= 15 is 0 Å². The first-order valence-electron chi connectivity index (χ1n) is 12.7. The van der Waals surface area contributed by atoms with Crippen molar-refractivity contribution in [2.45, 2.75) is 12.4 Å². The summed E-state index contributed by atoms with van der Waals surface area (Å²) < 4.78 is 80.9. The van der Waals surface area contributed by atoms with Gasteiger partial charge in [0.25, 0.3) is 5.56 Å². The minimum absolute atomic E-state index is 0.186. The number of benzene rings is 3. The van der Waals surface area contributed by atoms with E-state index in [4.69, 9.17) is 16.3 Å². The molecule has 0 atom stereocenters. The second kappa shape index (κ2) is 12.7. The molecule has 0 aliphatic heterocycles. The molecule has 3 aromatic heterocycles. The van der Waals surface area contributed by atoms with Gasteiger partial charge in [-0.2, -0.15) is 26.3 Å². The van der Waals surface area contributed by atoms with Gasteiger partial charge in [0.05, 0.1) is 34.2 Å². The summed E-state index contributed by atoms with van der Waals surface area (Å²) >= 11 is 5.67. The van der Waals surface area contributed by atoms with Crippen molar-refractivity contribution in [3.63, 3.8) is 0 Å². The minimum Gasteiger partial charge on any atom is -0.437 e. The van der Waals surface area contributed by atoms with Crippen LogP contribution in [0.15, 0.2) is 103 Å². The Hall–Kier alpha value is -5.37. The molecule has 0 aliphatic carbocycles. The summed E-state index contributed by atoms with van der Waals surface area (Å²) in [5.41, 5.74) is 1.11. The average molecular weight is 643 g/mol. The fourth-order valence-electron chi connectivity index (χ4n) is 3.94. The molecule has 0 saturated heterocycles. The highest BCUT2D eigenvalue weighted by molar-refractivity contribution is 6.29. The molecule has 0 unspecified atom stereocenters. The van der Waals surface area contributed by atoms with Gasteiger partial charge >= 0.3 is 12.4 Å². The van der Waals surface area contributed by atoms with E-state index in [-0.39, 0.29) is 16.6 Å². The molecule has 6 rings (SSSR count). The van der Waals surface area contributed by atoms with Crippen molar-refractivity contribution in [2.75, 3.05) is 0 Å². The lowest BCUT2D eigenvalue weighted by molar-refractivity contribution is -0.138. The van der Waals surface area contributed by atoms with Crippen molar-refractivity contribution in [1.82, 2.24) is 29.9 Å². The average Bonchev–Trinajstić information content (AvgIpc) is 3.01. The van der Waals surface area contributed by atoms with E-state index in [0.717, 1.165) is 30.5 Å². The van der Waals surface area contributed by atoms with Crippen molar-refractivity contribution < 1.29 is 31.1 Å². The van der Waals surface area contributed by atoms with E-state index in [1.54, 1.807) is 18.2 Å². The molecule has 8 nitrogen and oxygen atoms in total. The van der Waals surface area contributed by atoms with Crippen LogP contribution in [-0.4, -0.2) is 29.9 Å². The van der Waals surface area contributed by atoms with Crippen molar-refractivity contribution in [3.05, 3.63) is 124 Å². The molecular formula is C30H17ClF6N6O2. The molecule has 0 bridgehead atoms. The third-order valence-corrected chi connectivity index (χ3v) is 6.28. The summed E-state index contributed by atoms with van der Waals surface area (Å²) in [7, 11) is 0. The number of alkyl halides is 6. The quantitative estimate of drug-likeness (QED) is 0.153. The first-order valence-corrected chi connectivity index (χ1v) is 13.1. The third-order valence-electron chi connectivity index (χ3n) is 6.07. The van der Waals surface area contributed by atoms with Gasteiger partial charge in [-0.3, -0.25) is 4.79 Å². The second-order valence-corrected chi connectivity index (χ2v) is 9.51. The molecule has 0 spiro atoms. The fourth-order valence-corrected chi connectivity index (χ4v) is 4.09. The number of nitrogens with zero attached hydrogens (tertiary/aromatic N) is 5. The molecule has 3 aromatic carbocycles. The third kappa shape index (κ3) is 7.78. The molecular weight excluding hydrogens is 626 g/mol. The van der Waals surface area contributed by atoms with Gasteiger partial charge in [0.1, 0.15) is 23.3 Å². The zero-order valence-corrected chi connectivity index (χ0v) is 23.2. The van der Waals surface area contributed by atoms with Crippen molar-refractivity contribution in [3.8, 4) is 34.1 Å². The number of aromatic amines is 1. The molecule has 0 fully saturated rings. The Morgan fingerprint density at radius 3 is 1.78 bits per heavy atom. The van der Waals surface area contributed by atoms with Gasteiger partial charge in [-0.15, -0.1) is 0 Å². The van der Waals surface area contributed by atoms with Gasteiger partial charge in [-0.25, -0.2) is 24.9 Å². The van der Waals surface area contributed by atoms with E-state index in [9.17, 15) is 31.1 Å². The fraction of sp³-hybridized carbons (Fsp3) is 0.0667. The van der Waals surface area contributed by atoms with Crippen LogP contribution in [0.5, 0.6) is 11.6 Å². The Bertz CT molecular complexity index is 2000. The van der Waals surface area contributed by atoms with Crippen LogP contribution in [0, 0.1) is 0 Å². The highest BCUT2D eigenvalue weighted by Gasteiger charge is 2.30. The van der Waals surface area contributed by atoms with E-state index in [1.807, 2.05) is 0 Å². The maximum Gasteiger partial charge on any atom is 0.416 e. The Kier molecular flexibility index (Phi) is 8.77. The summed E-state index contributed by atoms with van der Waals surface area (Å²) in [6, 6.07) is 17.4. The van der Waals surface area contributed by atoms with Crippen LogP contribution < -0.4 is 10.3 Å². The Labute approximate surface area is 254 Å². The summed E-state index contributed by atoms with van der Waals surface area (Å²) in [4.78, 5) is 33.8. The zero-order valence-electron chi connectivity index (χ0n) is 22.4. The molecule has 6 aromatic rings.